The average molecular weight is 423 g/mol. The smallest absolute Gasteiger partial charge is 0.341 e. The Morgan fingerprint density at radius 1 is 1.27 bits per heavy atom. The first-order valence-electron chi connectivity index (χ1n) is 9.64. The molecule has 1 aliphatic rings. The zero-order valence-corrected chi connectivity index (χ0v) is 17.6. The number of oxime groups is 1. The van der Waals surface area contributed by atoms with Crippen molar-refractivity contribution < 1.29 is 19.1 Å². The monoisotopic (exact) mass is 422 g/mol. The quantitative estimate of drug-likeness (QED) is 0.169. The molecule has 0 N–H and O–H groups in total. The highest BCUT2D eigenvalue weighted by Gasteiger charge is 2.35. The molecule has 2 heterocycles. The molecule has 7 heteroatoms. The minimum Gasteiger partial charge on any atom is -0.503 e. The number of hydrogen-bond acceptors (Lipinski definition) is 7. The van der Waals surface area contributed by atoms with E-state index in [0.29, 0.717) is 11.5 Å². The number of rotatable bonds is 8. The van der Waals surface area contributed by atoms with Gasteiger partial charge in [-0.15, -0.1) is 11.3 Å². The third-order valence-electron chi connectivity index (χ3n) is 4.95. The average Bonchev–Trinajstić information content (AvgIpc) is 3.54. The van der Waals surface area contributed by atoms with Crippen LogP contribution in [0.2, 0.25) is 0 Å². The fourth-order valence-electron chi connectivity index (χ4n) is 3.30. The molecular weight excluding hydrogens is 400 g/mol. The van der Waals surface area contributed by atoms with Gasteiger partial charge in [-0.2, -0.15) is 0 Å². The van der Waals surface area contributed by atoms with Gasteiger partial charge >= 0.3 is 5.97 Å². The molecule has 1 aliphatic carbocycles. The van der Waals surface area contributed by atoms with Crippen molar-refractivity contribution in [1.29, 1.82) is 0 Å². The van der Waals surface area contributed by atoms with Crippen LogP contribution in [0.4, 0.5) is 0 Å². The van der Waals surface area contributed by atoms with Crippen LogP contribution in [-0.2, 0) is 19.1 Å². The maximum Gasteiger partial charge on any atom is 0.341 e. The van der Waals surface area contributed by atoms with Gasteiger partial charge in [0.25, 0.3) is 0 Å². The van der Waals surface area contributed by atoms with Gasteiger partial charge in [0.05, 0.1) is 32.4 Å². The number of aromatic nitrogens is 1. The molecule has 0 saturated heterocycles. The highest BCUT2D eigenvalue weighted by atomic mass is 32.1. The molecule has 2 aromatic heterocycles. The maximum atomic E-state index is 12.2. The van der Waals surface area contributed by atoms with Crippen molar-refractivity contribution in [3.63, 3.8) is 0 Å². The van der Waals surface area contributed by atoms with Crippen molar-refractivity contribution >= 4 is 39.2 Å². The van der Waals surface area contributed by atoms with Crippen LogP contribution in [0.5, 0.6) is 0 Å². The summed E-state index contributed by atoms with van der Waals surface area (Å²) < 4.78 is 11.1. The summed E-state index contributed by atoms with van der Waals surface area (Å²) >= 11 is 1.57. The van der Waals surface area contributed by atoms with Crippen molar-refractivity contribution in [3.8, 4) is 0 Å². The van der Waals surface area contributed by atoms with Crippen LogP contribution in [0.1, 0.15) is 35.8 Å². The molecular formula is C23H22N2O4S. The summed E-state index contributed by atoms with van der Waals surface area (Å²) in [5.74, 6) is -0.00285. The van der Waals surface area contributed by atoms with Crippen LogP contribution in [0.25, 0.3) is 15.7 Å². The molecule has 0 aliphatic heterocycles. The van der Waals surface area contributed by atoms with Crippen molar-refractivity contribution in [3.05, 3.63) is 71.1 Å². The van der Waals surface area contributed by atoms with Crippen LogP contribution < -0.4 is 0 Å². The zero-order valence-electron chi connectivity index (χ0n) is 16.8. The number of nitrogens with zero attached hydrogens (tertiary/aromatic N) is 2. The fraction of sp³-hybridized carbons (Fsp3) is 0.261. The summed E-state index contributed by atoms with van der Waals surface area (Å²) in [6, 6.07) is 11.8. The summed E-state index contributed by atoms with van der Waals surface area (Å²) in [5.41, 5.74) is 2.96. The van der Waals surface area contributed by atoms with Gasteiger partial charge in [0.2, 0.25) is 0 Å². The zero-order chi connectivity index (χ0) is 20.9. The molecule has 30 heavy (non-hydrogen) atoms. The van der Waals surface area contributed by atoms with Gasteiger partial charge in [-0.1, -0.05) is 17.3 Å². The van der Waals surface area contributed by atoms with Gasteiger partial charge in [0.15, 0.2) is 6.10 Å². The molecule has 1 aromatic carbocycles. The second kappa shape index (κ2) is 9.09. The molecule has 1 atom stereocenters. The molecule has 4 rings (SSSR count). The number of carbonyl (C=O) groups excluding carboxylic acids is 1. The number of ether oxygens (including phenoxy) is 2. The lowest BCUT2D eigenvalue weighted by molar-refractivity contribution is -0.133. The van der Waals surface area contributed by atoms with E-state index in [-0.39, 0.29) is 6.10 Å². The summed E-state index contributed by atoms with van der Waals surface area (Å²) in [5, 5.41) is 7.10. The number of carbonyl (C=O) groups is 1. The fourth-order valence-corrected chi connectivity index (χ4v) is 4.24. The van der Waals surface area contributed by atoms with Gasteiger partial charge in [-0.05, 0) is 42.7 Å². The lowest BCUT2D eigenvalue weighted by Gasteiger charge is -2.15. The number of esters is 1. The van der Waals surface area contributed by atoms with Gasteiger partial charge < -0.3 is 14.3 Å². The highest BCUT2D eigenvalue weighted by molar-refractivity contribution is 7.17. The van der Waals surface area contributed by atoms with Crippen molar-refractivity contribution in [2.24, 2.45) is 11.1 Å². The Morgan fingerprint density at radius 3 is 2.83 bits per heavy atom. The molecule has 0 radical (unpaired) electrons. The van der Waals surface area contributed by atoms with Crippen LogP contribution in [0, 0.1) is 5.92 Å². The largest absolute Gasteiger partial charge is 0.503 e. The Morgan fingerprint density at radius 2 is 2.13 bits per heavy atom. The summed E-state index contributed by atoms with van der Waals surface area (Å²) in [7, 11) is 2.88. The number of fused-ring (bicyclic) bond motifs is 1. The predicted octanol–water partition coefficient (Wildman–Crippen LogP) is 4.96. The first kappa shape index (κ1) is 20.1. The van der Waals surface area contributed by atoms with Gasteiger partial charge in [-0.3, -0.25) is 4.98 Å². The molecule has 6 nitrogen and oxygen atoms in total. The SMILES string of the molecule is COC=C(C(=O)OC)c1csc2ccc(C(ON=Cc3ccccn3)C3CC3)cc12. The standard InChI is InChI=1S/C23H22N2O4S/c1-27-13-19(23(26)28-2)20-14-30-21-9-8-16(11-18(20)21)22(15-6-7-15)29-25-12-17-5-3-4-10-24-17/h3-5,8-15,22H,6-7H2,1-2H3. The molecule has 0 spiro atoms. The van der Waals surface area contributed by atoms with Gasteiger partial charge in [0.1, 0.15) is 5.57 Å². The summed E-state index contributed by atoms with van der Waals surface area (Å²) in [6.45, 7) is 0. The Labute approximate surface area is 178 Å². The van der Waals surface area contributed by atoms with Crippen molar-refractivity contribution in [2.45, 2.75) is 18.9 Å². The molecule has 0 amide bonds. The summed E-state index contributed by atoms with van der Waals surface area (Å²) in [6.07, 6.45) is 6.84. The van der Waals surface area contributed by atoms with E-state index in [1.807, 2.05) is 23.6 Å². The van der Waals surface area contributed by atoms with E-state index in [0.717, 1.165) is 39.7 Å². The van der Waals surface area contributed by atoms with Crippen LogP contribution in [0.15, 0.2) is 59.4 Å². The molecule has 154 valence electrons. The first-order valence-corrected chi connectivity index (χ1v) is 10.5. The highest BCUT2D eigenvalue weighted by Crippen LogP contribution is 2.45. The van der Waals surface area contributed by atoms with Crippen molar-refractivity contribution in [2.75, 3.05) is 14.2 Å². The molecule has 1 unspecified atom stereocenters. The van der Waals surface area contributed by atoms with E-state index in [1.54, 1.807) is 23.7 Å². The second-order valence-electron chi connectivity index (χ2n) is 7.02. The minimum absolute atomic E-state index is 0.143. The van der Waals surface area contributed by atoms with Crippen LogP contribution >= 0.6 is 11.3 Å². The number of hydrogen-bond donors (Lipinski definition) is 0. The first-order chi connectivity index (χ1) is 14.7. The Balaban J connectivity index is 1.64. The number of benzene rings is 1. The molecule has 1 fully saturated rings. The maximum absolute atomic E-state index is 12.2. The van der Waals surface area contributed by atoms with E-state index in [4.69, 9.17) is 14.3 Å². The van der Waals surface area contributed by atoms with E-state index in [9.17, 15) is 4.79 Å². The molecule has 0 bridgehead atoms. The topological polar surface area (TPSA) is 70.0 Å². The number of pyridine rings is 1. The van der Waals surface area contributed by atoms with E-state index < -0.39 is 5.97 Å². The van der Waals surface area contributed by atoms with Crippen molar-refractivity contribution in [1.82, 2.24) is 4.98 Å². The normalized spacial score (nSPS) is 15.3. The van der Waals surface area contributed by atoms with Gasteiger partial charge in [0, 0.05) is 33.1 Å². The Hall–Kier alpha value is -3.19. The van der Waals surface area contributed by atoms with Gasteiger partial charge in [-0.25, -0.2) is 4.79 Å². The third-order valence-corrected chi connectivity index (χ3v) is 5.92. The third kappa shape index (κ3) is 4.36. The van der Waals surface area contributed by atoms with E-state index in [2.05, 4.69) is 28.3 Å². The molecule has 1 saturated carbocycles. The van der Waals surface area contributed by atoms with Crippen LogP contribution in [-0.4, -0.2) is 31.4 Å². The summed E-state index contributed by atoms with van der Waals surface area (Å²) in [4.78, 5) is 22.4. The number of thiophene rings is 1. The van der Waals surface area contributed by atoms with Crippen LogP contribution in [0.3, 0.4) is 0 Å². The van der Waals surface area contributed by atoms with E-state index >= 15 is 0 Å². The minimum atomic E-state index is -0.433. The predicted molar refractivity (Wildman–Crippen MR) is 117 cm³/mol. The lowest BCUT2D eigenvalue weighted by Crippen LogP contribution is -2.05. The molecule has 3 aromatic rings. The Bertz CT molecular complexity index is 1090. The lowest BCUT2D eigenvalue weighted by atomic mass is 10.00. The Kier molecular flexibility index (Phi) is 6.09. The second-order valence-corrected chi connectivity index (χ2v) is 7.93. The van der Waals surface area contributed by atoms with E-state index in [1.165, 1.54) is 20.5 Å². The number of methoxy groups -OCH3 is 2.